The molecule has 2 heterocycles. The smallest absolute Gasteiger partial charge is 0.319 e. The van der Waals surface area contributed by atoms with Crippen LogP contribution in [0.4, 0.5) is 10.5 Å². The van der Waals surface area contributed by atoms with Crippen LogP contribution in [0.15, 0.2) is 48.5 Å². The normalized spacial score (nSPS) is 18.1. The first-order chi connectivity index (χ1) is 14.2. The van der Waals surface area contributed by atoms with Crippen LogP contribution in [0.1, 0.15) is 24.5 Å². The third-order valence-corrected chi connectivity index (χ3v) is 5.29. The molecule has 3 N–H and O–H groups in total. The summed E-state index contributed by atoms with van der Waals surface area (Å²) in [5, 5.41) is 16.9. The highest BCUT2D eigenvalue weighted by Gasteiger charge is 2.28. The summed E-state index contributed by atoms with van der Waals surface area (Å²) in [6.07, 6.45) is 1.42. The Labute approximate surface area is 170 Å². The minimum absolute atomic E-state index is 0.336. The average molecular weight is 397 g/mol. The molecule has 0 spiro atoms. The summed E-state index contributed by atoms with van der Waals surface area (Å²) in [5.41, 5.74) is 1.40. The summed E-state index contributed by atoms with van der Waals surface area (Å²) >= 11 is 0. The molecule has 7 nitrogen and oxygen atoms in total. The molecule has 2 amide bonds. The Morgan fingerprint density at radius 1 is 1.03 bits per heavy atom. The maximum atomic E-state index is 12.6. The van der Waals surface area contributed by atoms with Gasteiger partial charge in [-0.15, -0.1) is 0 Å². The number of rotatable bonds is 6. The van der Waals surface area contributed by atoms with Crippen molar-refractivity contribution in [2.75, 3.05) is 38.2 Å². The van der Waals surface area contributed by atoms with Crippen molar-refractivity contribution in [3.8, 4) is 11.5 Å². The van der Waals surface area contributed by atoms with Gasteiger partial charge in [-0.1, -0.05) is 24.3 Å². The second-order valence-electron chi connectivity index (χ2n) is 7.43. The lowest BCUT2D eigenvalue weighted by atomic mass is 10.0. The number of urea groups is 1. The Kier molecular flexibility index (Phi) is 6.17. The zero-order valence-corrected chi connectivity index (χ0v) is 16.3. The molecule has 0 radical (unpaired) electrons. The second-order valence-corrected chi connectivity index (χ2v) is 7.43. The Morgan fingerprint density at radius 2 is 1.76 bits per heavy atom. The predicted octanol–water partition coefficient (Wildman–Crippen LogP) is 2.78. The minimum Gasteiger partial charge on any atom is -0.486 e. The van der Waals surface area contributed by atoms with Crippen molar-refractivity contribution in [3.05, 3.63) is 54.1 Å². The molecule has 0 aliphatic carbocycles. The van der Waals surface area contributed by atoms with E-state index >= 15 is 0 Å². The van der Waals surface area contributed by atoms with Gasteiger partial charge in [-0.3, -0.25) is 0 Å². The number of carbonyl (C=O) groups excluding carboxylic acids is 1. The third kappa shape index (κ3) is 4.99. The number of aliphatic hydroxyl groups excluding tert-OH is 1. The summed E-state index contributed by atoms with van der Waals surface area (Å²) in [6, 6.07) is 13.9. The summed E-state index contributed by atoms with van der Waals surface area (Å²) in [4.78, 5) is 14.8. The Bertz CT molecular complexity index is 824. The van der Waals surface area contributed by atoms with Crippen molar-refractivity contribution in [1.29, 1.82) is 0 Å². The first-order valence-electron chi connectivity index (χ1n) is 10.1. The number of nitrogens with one attached hydrogen (secondary N) is 2. The number of aliphatic hydroxyl groups is 1. The van der Waals surface area contributed by atoms with Crippen molar-refractivity contribution in [2.45, 2.75) is 25.0 Å². The molecule has 1 saturated heterocycles. The van der Waals surface area contributed by atoms with Gasteiger partial charge < -0.3 is 30.1 Å². The molecule has 0 saturated carbocycles. The molecular weight excluding hydrogens is 370 g/mol. The van der Waals surface area contributed by atoms with E-state index in [1.165, 1.54) is 0 Å². The highest BCUT2D eigenvalue weighted by molar-refractivity contribution is 5.89. The second kappa shape index (κ2) is 9.15. The highest BCUT2D eigenvalue weighted by atomic mass is 16.6. The average Bonchev–Trinajstić information content (AvgIpc) is 3.26. The first-order valence-corrected chi connectivity index (χ1v) is 10.1. The molecule has 2 aromatic rings. The van der Waals surface area contributed by atoms with Gasteiger partial charge in [0, 0.05) is 12.2 Å². The van der Waals surface area contributed by atoms with Crippen LogP contribution in [0, 0.1) is 0 Å². The van der Waals surface area contributed by atoms with Gasteiger partial charge in [0.05, 0.1) is 6.04 Å². The summed E-state index contributed by atoms with van der Waals surface area (Å²) < 4.78 is 11.2. The van der Waals surface area contributed by atoms with E-state index < -0.39 is 12.1 Å². The number of fused-ring (bicyclic) bond motifs is 1. The van der Waals surface area contributed by atoms with E-state index in [0.717, 1.165) is 25.9 Å². The van der Waals surface area contributed by atoms with Gasteiger partial charge in [-0.2, -0.15) is 0 Å². The van der Waals surface area contributed by atoms with Gasteiger partial charge >= 0.3 is 6.03 Å². The van der Waals surface area contributed by atoms with Crippen LogP contribution in [0.25, 0.3) is 0 Å². The van der Waals surface area contributed by atoms with Gasteiger partial charge in [0.1, 0.15) is 19.3 Å². The number of hydrogen-bond donors (Lipinski definition) is 3. The van der Waals surface area contributed by atoms with Crippen LogP contribution >= 0.6 is 0 Å². The van der Waals surface area contributed by atoms with Gasteiger partial charge in [0.15, 0.2) is 11.5 Å². The molecule has 2 aliphatic rings. The quantitative estimate of drug-likeness (QED) is 0.698. The van der Waals surface area contributed by atoms with E-state index in [1.54, 1.807) is 6.07 Å². The van der Waals surface area contributed by atoms with Crippen molar-refractivity contribution < 1.29 is 19.4 Å². The maximum absolute atomic E-state index is 12.6. The van der Waals surface area contributed by atoms with E-state index in [-0.39, 0.29) is 6.03 Å². The third-order valence-electron chi connectivity index (χ3n) is 5.29. The van der Waals surface area contributed by atoms with E-state index in [2.05, 4.69) is 15.5 Å². The van der Waals surface area contributed by atoms with Gasteiger partial charge in [-0.05, 0) is 55.8 Å². The van der Waals surface area contributed by atoms with Crippen LogP contribution in [0.2, 0.25) is 0 Å². The van der Waals surface area contributed by atoms with Crippen LogP contribution in [0.5, 0.6) is 11.5 Å². The number of carbonyl (C=O) groups is 1. The minimum atomic E-state index is -0.868. The topological polar surface area (TPSA) is 83.1 Å². The van der Waals surface area contributed by atoms with E-state index in [4.69, 9.17) is 9.47 Å². The molecule has 154 valence electrons. The highest BCUT2D eigenvalue weighted by Crippen LogP contribution is 2.33. The Balaban J connectivity index is 1.48. The zero-order valence-electron chi connectivity index (χ0n) is 16.3. The van der Waals surface area contributed by atoms with Gasteiger partial charge in [-0.25, -0.2) is 4.79 Å². The molecule has 2 unspecified atom stereocenters. The molecule has 2 aliphatic heterocycles. The number of amides is 2. The van der Waals surface area contributed by atoms with Gasteiger partial charge in [0.2, 0.25) is 0 Å². The molecule has 29 heavy (non-hydrogen) atoms. The van der Waals surface area contributed by atoms with Gasteiger partial charge in [0.25, 0.3) is 0 Å². The molecule has 0 aromatic heterocycles. The molecule has 4 rings (SSSR count). The van der Waals surface area contributed by atoms with E-state index in [9.17, 15) is 9.90 Å². The maximum Gasteiger partial charge on any atom is 0.319 e. The zero-order chi connectivity index (χ0) is 20.1. The van der Waals surface area contributed by atoms with Crippen molar-refractivity contribution >= 4 is 11.7 Å². The summed E-state index contributed by atoms with van der Waals surface area (Å²) in [7, 11) is 0. The summed E-state index contributed by atoms with van der Waals surface area (Å²) in [6.45, 7) is 3.55. The van der Waals surface area contributed by atoms with Crippen molar-refractivity contribution in [3.63, 3.8) is 0 Å². The monoisotopic (exact) mass is 397 g/mol. The lowest BCUT2D eigenvalue weighted by molar-refractivity contribution is 0.110. The number of ether oxygens (including phenoxy) is 2. The van der Waals surface area contributed by atoms with Crippen molar-refractivity contribution in [1.82, 2.24) is 10.2 Å². The first kappa shape index (κ1) is 19.5. The lowest BCUT2D eigenvalue weighted by Gasteiger charge is -2.29. The van der Waals surface area contributed by atoms with Crippen LogP contribution in [-0.2, 0) is 0 Å². The number of anilines is 1. The molecule has 1 fully saturated rings. The predicted molar refractivity (Wildman–Crippen MR) is 110 cm³/mol. The van der Waals surface area contributed by atoms with Crippen LogP contribution in [-0.4, -0.2) is 54.9 Å². The Hall–Kier alpha value is -2.77. The number of para-hydroxylation sites is 1. The number of benzene rings is 2. The molecule has 7 heteroatoms. The molecule has 2 aromatic carbocycles. The number of hydrogen-bond acceptors (Lipinski definition) is 5. The fourth-order valence-electron chi connectivity index (χ4n) is 3.80. The molecule has 0 bridgehead atoms. The number of likely N-dealkylation sites (tertiary alicyclic amines) is 1. The molecule has 2 atom stereocenters. The standard InChI is InChI=1S/C22H27N3O4/c26-21(16-8-9-19-20(14-16)29-13-12-28-19)18(15-25-10-4-5-11-25)24-22(27)23-17-6-2-1-3-7-17/h1-3,6-9,14,18,21,26H,4-5,10-13,15H2,(H2,23,24,27). The number of nitrogens with zero attached hydrogens (tertiary/aromatic N) is 1. The Morgan fingerprint density at radius 3 is 2.52 bits per heavy atom. The fourth-order valence-corrected chi connectivity index (χ4v) is 3.80. The lowest BCUT2D eigenvalue weighted by Crippen LogP contribution is -2.48. The fraction of sp³-hybridized carbons (Fsp3) is 0.409. The van der Waals surface area contributed by atoms with Crippen LogP contribution < -0.4 is 20.1 Å². The van der Waals surface area contributed by atoms with Crippen molar-refractivity contribution in [2.24, 2.45) is 0 Å². The van der Waals surface area contributed by atoms with Crippen LogP contribution in [0.3, 0.4) is 0 Å². The summed E-state index contributed by atoms with van der Waals surface area (Å²) in [5.74, 6) is 1.31. The SMILES string of the molecule is O=C(Nc1ccccc1)NC(CN1CCCC1)C(O)c1ccc2c(c1)OCCO2. The molecular formula is C22H27N3O4. The van der Waals surface area contributed by atoms with E-state index in [1.807, 2.05) is 42.5 Å². The van der Waals surface area contributed by atoms with E-state index in [0.29, 0.717) is 42.5 Å². The largest absolute Gasteiger partial charge is 0.486 e.